The summed E-state index contributed by atoms with van der Waals surface area (Å²) in [5.74, 6) is 0.0543. The number of allylic oxidation sites excluding steroid dienone is 1. The Labute approximate surface area is 121 Å². The minimum atomic E-state index is -0.285. The van der Waals surface area contributed by atoms with Gasteiger partial charge in [0.1, 0.15) is 0 Å². The van der Waals surface area contributed by atoms with Gasteiger partial charge < -0.3 is 4.74 Å². The number of ketones is 1. The number of Topliss-reactive ketones (excluding diaryl/α,β-unsaturated/α-hetero) is 1. The fourth-order valence-electron chi connectivity index (χ4n) is 3.94. The first-order valence-electron chi connectivity index (χ1n) is 7.72. The minimum Gasteiger partial charge on any atom is -0.466 e. The number of ether oxygens (including phenoxy) is 1. The van der Waals surface area contributed by atoms with Crippen molar-refractivity contribution in [2.24, 2.45) is 22.7 Å². The van der Waals surface area contributed by atoms with E-state index >= 15 is 0 Å². The van der Waals surface area contributed by atoms with E-state index in [9.17, 15) is 9.59 Å². The van der Waals surface area contributed by atoms with Gasteiger partial charge in [0.2, 0.25) is 0 Å². The standard InChI is InChI=1S/C17H26O3/c1-6-11(15(19)20-7-2)10-12-13-8-9-17(5,14(12)18)16(13,3)4/h10-11,13H,6-9H2,1-5H3/b12-10+/t11-,13-,17-/m0/s1. The topological polar surface area (TPSA) is 43.4 Å². The molecular formula is C17H26O3. The van der Waals surface area contributed by atoms with Crippen LogP contribution in [0.25, 0.3) is 0 Å². The molecule has 0 N–H and O–H groups in total. The number of rotatable bonds is 4. The second-order valence-corrected chi connectivity index (χ2v) is 6.86. The third-order valence-corrected chi connectivity index (χ3v) is 5.77. The molecule has 0 aromatic heterocycles. The Balaban J connectivity index is 2.32. The molecule has 0 aliphatic heterocycles. The number of hydrogen-bond donors (Lipinski definition) is 0. The minimum absolute atomic E-state index is 0.00285. The van der Waals surface area contributed by atoms with Gasteiger partial charge in [-0.25, -0.2) is 0 Å². The van der Waals surface area contributed by atoms with Gasteiger partial charge >= 0.3 is 5.97 Å². The molecule has 2 saturated carbocycles. The largest absolute Gasteiger partial charge is 0.466 e. The summed E-state index contributed by atoms with van der Waals surface area (Å²) in [5, 5.41) is 0. The van der Waals surface area contributed by atoms with E-state index in [0.29, 0.717) is 18.9 Å². The smallest absolute Gasteiger partial charge is 0.312 e. The van der Waals surface area contributed by atoms with Crippen LogP contribution < -0.4 is 0 Å². The fraction of sp³-hybridized carbons (Fsp3) is 0.765. The van der Waals surface area contributed by atoms with E-state index in [1.165, 1.54) is 0 Å². The highest BCUT2D eigenvalue weighted by molar-refractivity contribution is 6.05. The maximum atomic E-state index is 12.7. The lowest BCUT2D eigenvalue weighted by Gasteiger charge is -2.31. The highest BCUT2D eigenvalue weighted by Crippen LogP contribution is 2.65. The number of hydrogen-bond acceptors (Lipinski definition) is 3. The summed E-state index contributed by atoms with van der Waals surface area (Å²) in [6.07, 6.45) is 4.61. The molecule has 2 bridgehead atoms. The quantitative estimate of drug-likeness (QED) is 0.583. The van der Waals surface area contributed by atoms with Gasteiger partial charge in [0.25, 0.3) is 0 Å². The lowest BCUT2D eigenvalue weighted by atomic mass is 9.70. The zero-order valence-corrected chi connectivity index (χ0v) is 13.3. The molecule has 20 heavy (non-hydrogen) atoms. The molecule has 0 spiro atoms. The molecule has 2 aliphatic rings. The maximum Gasteiger partial charge on any atom is 0.312 e. The predicted molar refractivity (Wildman–Crippen MR) is 78.1 cm³/mol. The Morgan fingerprint density at radius 1 is 1.40 bits per heavy atom. The zero-order valence-electron chi connectivity index (χ0n) is 13.3. The molecular weight excluding hydrogens is 252 g/mol. The Kier molecular flexibility index (Phi) is 3.83. The summed E-state index contributed by atoms with van der Waals surface area (Å²) >= 11 is 0. The van der Waals surface area contributed by atoms with Gasteiger partial charge in [0, 0.05) is 5.41 Å². The molecule has 0 aromatic carbocycles. The van der Waals surface area contributed by atoms with Crippen LogP contribution in [0.5, 0.6) is 0 Å². The molecule has 3 atom stereocenters. The monoisotopic (exact) mass is 278 g/mol. The summed E-state index contributed by atoms with van der Waals surface area (Å²) in [6.45, 7) is 10.6. The van der Waals surface area contributed by atoms with Crippen LogP contribution in [-0.4, -0.2) is 18.4 Å². The number of esters is 1. The molecule has 2 rings (SSSR count). The van der Waals surface area contributed by atoms with Crippen molar-refractivity contribution < 1.29 is 14.3 Å². The van der Waals surface area contributed by atoms with Crippen molar-refractivity contribution in [3.8, 4) is 0 Å². The molecule has 0 aromatic rings. The first kappa shape index (κ1) is 15.3. The van der Waals surface area contributed by atoms with E-state index in [2.05, 4.69) is 20.8 Å². The first-order chi connectivity index (χ1) is 9.29. The number of carbonyl (C=O) groups excluding carboxylic acids is 2. The SMILES string of the molecule is CCOC(=O)[C@H](/C=C1/C(=O)[C@]2(C)CC[C@@H]1C2(C)C)CC. The number of carbonyl (C=O) groups is 2. The molecule has 112 valence electrons. The maximum absolute atomic E-state index is 12.7. The highest BCUT2D eigenvalue weighted by atomic mass is 16.5. The van der Waals surface area contributed by atoms with Crippen molar-refractivity contribution in [2.75, 3.05) is 6.61 Å². The lowest BCUT2D eigenvalue weighted by molar-refractivity contribution is -0.146. The molecule has 3 heteroatoms. The van der Waals surface area contributed by atoms with Gasteiger partial charge in [-0.1, -0.05) is 33.8 Å². The van der Waals surface area contributed by atoms with Crippen molar-refractivity contribution in [1.29, 1.82) is 0 Å². The Hall–Kier alpha value is -1.12. The van der Waals surface area contributed by atoms with Crippen LogP contribution in [-0.2, 0) is 14.3 Å². The van der Waals surface area contributed by atoms with E-state index in [-0.39, 0.29) is 28.5 Å². The van der Waals surface area contributed by atoms with Crippen LogP contribution >= 0.6 is 0 Å². The molecule has 0 heterocycles. The second-order valence-electron chi connectivity index (χ2n) is 6.86. The molecule has 3 nitrogen and oxygen atoms in total. The third-order valence-electron chi connectivity index (χ3n) is 5.77. The average molecular weight is 278 g/mol. The Morgan fingerprint density at radius 3 is 2.50 bits per heavy atom. The van der Waals surface area contributed by atoms with Crippen LogP contribution in [0.3, 0.4) is 0 Å². The van der Waals surface area contributed by atoms with E-state index in [4.69, 9.17) is 4.74 Å². The summed E-state index contributed by atoms with van der Waals surface area (Å²) in [4.78, 5) is 24.7. The van der Waals surface area contributed by atoms with Gasteiger partial charge in [-0.3, -0.25) is 9.59 Å². The van der Waals surface area contributed by atoms with E-state index in [0.717, 1.165) is 18.4 Å². The van der Waals surface area contributed by atoms with E-state index in [1.807, 2.05) is 19.9 Å². The molecule has 0 unspecified atom stereocenters. The summed E-state index contributed by atoms with van der Waals surface area (Å²) < 4.78 is 5.10. The molecule has 0 radical (unpaired) electrons. The number of fused-ring (bicyclic) bond motifs is 2. The lowest BCUT2D eigenvalue weighted by Crippen LogP contribution is -2.32. The molecule has 2 fully saturated rings. The molecule has 2 aliphatic carbocycles. The van der Waals surface area contributed by atoms with Crippen LogP contribution in [0, 0.1) is 22.7 Å². The normalized spacial score (nSPS) is 34.5. The van der Waals surface area contributed by atoms with Crippen molar-refractivity contribution >= 4 is 11.8 Å². The van der Waals surface area contributed by atoms with Crippen LogP contribution in [0.1, 0.15) is 53.9 Å². The van der Waals surface area contributed by atoms with Crippen molar-refractivity contribution in [2.45, 2.75) is 53.9 Å². The zero-order chi connectivity index (χ0) is 15.1. The van der Waals surface area contributed by atoms with E-state index < -0.39 is 0 Å². The van der Waals surface area contributed by atoms with Gasteiger partial charge in [-0.05, 0) is 43.1 Å². The molecule has 0 saturated heterocycles. The van der Waals surface area contributed by atoms with Crippen molar-refractivity contribution in [3.63, 3.8) is 0 Å². The first-order valence-corrected chi connectivity index (χ1v) is 7.72. The summed E-state index contributed by atoms with van der Waals surface area (Å²) in [6, 6.07) is 0. The Bertz CT molecular complexity index is 461. The molecule has 0 amide bonds. The van der Waals surface area contributed by atoms with Crippen LogP contribution in [0.2, 0.25) is 0 Å². The van der Waals surface area contributed by atoms with Gasteiger partial charge in [-0.2, -0.15) is 0 Å². The highest BCUT2D eigenvalue weighted by Gasteiger charge is 2.63. The van der Waals surface area contributed by atoms with Crippen molar-refractivity contribution in [1.82, 2.24) is 0 Å². The predicted octanol–water partition coefficient (Wildman–Crippen LogP) is 3.53. The van der Waals surface area contributed by atoms with E-state index in [1.54, 1.807) is 0 Å². The average Bonchev–Trinajstić information content (AvgIpc) is 2.69. The Morgan fingerprint density at radius 2 is 2.05 bits per heavy atom. The summed E-state index contributed by atoms with van der Waals surface area (Å²) in [5.41, 5.74) is 0.628. The van der Waals surface area contributed by atoms with Crippen molar-refractivity contribution in [3.05, 3.63) is 11.6 Å². The van der Waals surface area contributed by atoms with Crippen LogP contribution in [0.4, 0.5) is 0 Å². The van der Waals surface area contributed by atoms with Gasteiger partial charge in [0.15, 0.2) is 5.78 Å². The summed E-state index contributed by atoms with van der Waals surface area (Å²) in [7, 11) is 0. The second kappa shape index (κ2) is 5.01. The fourth-order valence-corrected chi connectivity index (χ4v) is 3.94. The van der Waals surface area contributed by atoms with Gasteiger partial charge in [-0.15, -0.1) is 0 Å². The third kappa shape index (κ3) is 1.94. The van der Waals surface area contributed by atoms with Gasteiger partial charge in [0.05, 0.1) is 12.5 Å². The van der Waals surface area contributed by atoms with Crippen LogP contribution in [0.15, 0.2) is 11.6 Å².